The van der Waals surface area contributed by atoms with E-state index in [4.69, 9.17) is 0 Å². The van der Waals surface area contributed by atoms with Gasteiger partial charge in [-0.2, -0.15) is 0 Å². The number of hydrogen-bond acceptors (Lipinski definition) is 4. The van der Waals surface area contributed by atoms with Crippen molar-refractivity contribution >= 4 is 27.5 Å². The fourth-order valence-corrected chi connectivity index (χ4v) is 4.08. The van der Waals surface area contributed by atoms with Crippen molar-refractivity contribution in [2.45, 2.75) is 38.6 Å². The summed E-state index contributed by atoms with van der Waals surface area (Å²) in [4.78, 5) is 19.1. The van der Waals surface area contributed by atoms with Gasteiger partial charge in [0.1, 0.15) is 0 Å². The molecule has 1 N–H and O–H groups in total. The van der Waals surface area contributed by atoms with Crippen LogP contribution in [-0.4, -0.2) is 41.5 Å². The van der Waals surface area contributed by atoms with Crippen LogP contribution in [0.4, 0.5) is 0 Å². The molecule has 0 bridgehead atoms. The maximum absolute atomic E-state index is 12.0. The number of carbonyl (C=O) groups is 1. The molecular weight excluding hydrogens is 294 g/mol. The van der Waals surface area contributed by atoms with E-state index in [1.165, 1.54) is 24.1 Å². The minimum atomic E-state index is 0.141. The second-order valence-corrected chi connectivity index (χ2v) is 6.92. The number of aryl methyl sites for hydroxylation is 1. The van der Waals surface area contributed by atoms with Gasteiger partial charge in [-0.3, -0.25) is 9.69 Å². The third kappa shape index (κ3) is 3.65. The number of para-hydroxylation sites is 1. The number of nitrogens with one attached hydrogen (secondary N) is 1. The average molecular weight is 317 g/mol. The number of amides is 1. The molecule has 0 radical (unpaired) electrons. The van der Waals surface area contributed by atoms with Gasteiger partial charge in [0.15, 0.2) is 0 Å². The third-order valence-electron chi connectivity index (χ3n) is 4.34. The van der Waals surface area contributed by atoms with Gasteiger partial charge in [0.25, 0.3) is 0 Å². The molecule has 1 amide bonds. The van der Waals surface area contributed by atoms with E-state index in [0.717, 1.165) is 30.0 Å². The molecule has 1 aliphatic heterocycles. The lowest BCUT2D eigenvalue weighted by molar-refractivity contribution is -0.121. The van der Waals surface area contributed by atoms with Gasteiger partial charge in [-0.25, -0.2) is 4.98 Å². The second-order valence-electron chi connectivity index (χ2n) is 5.80. The topological polar surface area (TPSA) is 45.2 Å². The quantitative estimate of drug-likeness (QED) is 0.891. The Morgan fingerprint density at radius 2 is 2.32 bits per heavy atom. The molecule has 5 heteroatoms. The highest BCUT2D eigenvalue weighted by Crippen LogP contribution is 2.22. The summed E-state index contributed by atoms with van der Waals surface area (Å²) in [5, 5.41) is 4.14. The van der Waals surface area contributed by atoms with Gasteiger partial charge < -0.3 is 5.32 Å². The van der Waals surface area contributed by atoms with Crippen molar-refractivity contribution in [1.82, 2.24) is 15.2 Å². The Labute approximate surface area is 135 Å². The van der Waals surface area contributed by atoms with Crippen molar-refractivity contribution < 1.29 is 4.79 Å². The summed E-state index contributed by atoms with van der Waals surface area (Å²) in [5.41, 5.74) is 1.03. The lowest BCUT2D eigenvalue weighted by Crippen LogP contribution is -2.40. The first kappa shape index (κ1) is 15.4. The Morgan fingerprint density at radius 3 is 3.14 bits per heavy atom. The molecule has 1 aromatic heterocycles. The summed E-state index contributed by atoms with van der Waals surface area (Å²) in [6.45, 7) is 5.22. The smallest absolute Gasteiger partial charge is 0.220 e. The number of likely N-dealkylation sites (tertiary alicyclic amines) is 1. The van der Waals surface area contributed by atoms with Crippen molar-refractivity contribution in [3.63, 3.8) is 0 Å². The molecule has 118 valence electrons. The highest BCUT2D eigenvalue weighted by atomic mass is 32.1. The zero-order valence-electron chi connectivity index (χ0n) is 13.0. The monoisotopic (exact) mass is 317 g/mol. The normalized spacial score (nSPS) is 18.9. The van der Waals surface area contributed by atoms with Gasteiger partial charge in [-0.05, 0) is 38.1 Å². The van der Waals surface area contributed by atoms with E-state index in [2.05, 4.69) is 28.2 Å². The summed E-state index contributed by atoms with van der Waals surface area (Å²) in [5.74, 6) is 0.141. The first-order valence-corrected chi connectivity index (χ1v) is 8.93. The fraction of sp³-hybridized carbons (Fsp3) is 0.529. The highest BCUT2D eigenvalue weighted by Gasteiger charge is 2.23. The number of rotatable bonds is 6. The van der Waals surface area contributed by atoms with Crippen LogP contribution < -0.4 is 5.32 Å². The Balaban J connectivity index is 1.46. The summed E-state index contributed by atoms with van der Waals surface area (Å²) in [6.07, 6.45) is 3.71. The lowest BCUT2D eigenvalue weighted by atomic mass is 10.2. The zero-order chi connectivity index (χ0) is 15.4. The standard InChI is InChI=1S/C17H23N3OS/c1-2-20-11-5-6-13(20)12-18-16(21)9-10-17-19-14-7-3-4-8-15(14)22-17/h3-4,7-8,13H,2,5-6,9-12H2,1H3,(H,18,21)/t13-/m0/s1. The summed E-state index contributed by atoms with van der Waals surface area (Å²) < 4.78 is 1.20. The van der Waals surface area contributed by atoms with Crippen molar-refractivity contribution in [2.24, 2.45) is 0 Å². The Bertz CT molecular complexity index is 607. The molecular formula is C17H23N3OS. The van der Waals surface area contributed by atoms with Crippen LogP contribution in [0.15, 0.2) is 24.3 Å². The molecule has 1 fully saturated rings. The number of thiazole rings is 1. The van der Waals surface area contributed by atoms with Gasteiger partial charge in [0, 0.05) is 25.4 Å². The van der Waals surface area contributed by atoms with Crippen molar-refractivity contribution in [3.05, 3.63) is 29.3 Å². The number of fused-ring (bicyclic) bond motifs is 1. The molecule has 3 rings (SSSR count). The third-order valence-corrected chi connectivity index (χ3v) is 5.44. The predicted octanol–water partition coefficient (Wildman–Crippen LogP) is 2.83. The number of aromatic nitrogens is 1. The average Bonchev–Trinajstić information content (AvgIpc) is 3.16. The van der Waals surface area contributed by atoms with Crippen LogP contribution in [0, 0.1) is 0 Å². The Morgan fingerprint density at radius 1 is 1.45 bits per heavy atom. The molecule has 0 unspecified atom stereocenters. The van der Waals surface area contributed by atoms with Crippen LogP contribution in [-0.2, 0) is 11.2 Å². The van der Waals surface area contributed by atoms with Crippen molar-refractivity contribution in [3.8, 4) is 0 Å². The lowest BCUT2D eigenvalue weighted by Gasteiger charge is -2.22. The molecule has 2 aromatic rings. The van der Waals surface area contributed by atoms with Gasteiger partial charge in [-0.15, -0.1) is 11.3 Å². The number of hydrogen-bond donors (Lipinski definition) is 1. The SMILES string of the molecule is CCN1CCC[C@H]1CNC(=O)CCc1nc2ccccc2s1. The van der Waals surface area contributed by atoms with Crippen molar-refractivity contribution in [1.29, 1.82) is 0 Å². The van der Waals surface area contributed by atoms with Crippen LogP contribution in [0.25, 0.3) is 10.2 Å². The minimum Gasteiger partial charge on any atom is -0.355 e. The van der Waals surface area contributed by atoms with Crippen LogP contribution in [0.2, 0.25) is 0 Å². The first-order chi connectivity index (χ1) is 10.8. The summed E-state index contributed by atoms with van der Waals surface area (Å²) >= 11 is 1.69. The van der Waals surface area contributed by atoms with Gasteiger partial charge >= 0.3 is 0 Å². The molecule has 0 spiro atoms. The summed E-state index contributed by atoms with van der Waals surface area (Å²) in [7, 11) is 0. The molecule has 2 heterocycles. The number of benzene rings is 1. The fourth-order valence-electron chi connectivity index (χ4n) is 3.11. The van der Waals surface area contributed by atoms with Crippen LogP contribution in [0.3, 0.4) is 0 Å². The predicted molar refractivity (Wildman–Crippen MR) is 91.2 cm³/mol. The van der Waals surface area contributed by atoms with Gasteiger partial charge in [0.05, 0.1) is 15.2 Å². The number of carbonyl (C=O) groups excluding carboxylic acids is 1. The molecule has 0 aliphatic carbocycles. The van der Waals surface area contributed by atoms with E-state index in [-0.39, 0.29) is 5.91 Å². The largest absolute Gasteiger partial charge is 0.355 e. The zero-order valence-corrected chi connectivity index (χ0v) is 13.9. The van der Waals surface area contributed by atoms with E-state index in [0.29, 0.717) is 12.5 Å². The minimum absolute atomic E-state index is 0.141. The Hall–Kier alpha value is -1.46. The van der Waals surface area contributed by atoms with E-state index >= 15 is 0 Å². The number of nitrogens with zero attached hydrogens (tertiary/aromatic N) is 2. The van der Waals surface area contributed by atoms with Gasteiger partial charge in [-0.1, -0.05) is 19.1 Å². The second kappa shape index (κ2) is 7.20. The molecule has 1 atom stereocenters. The van der Waals surface area contributed by atoms with Crippen LogP contribution in [0.1, 0.15) is 31.2 Å². The van der Waals surface area contributed by atoms with E-state index in [9.17, 15) is 4.79 Å². The number of likely N-dealkylation sites (N-methyl/N-ethyl adjacent to an activating group) is 1. The van der Waals surface area contributed by atoms with Crippen LogP contribution in [0.5, 0.6) is 0 Å². The summed E-state index contributed by atoms with van der Waals surface area (Å²) in [6, 6.07) is 8.65. The van der Waals surface area contributed by atoms with E-state index in [1.807, 2.05) is 18.2 Å². The molecule has 4 nitrogen and oxygen atoms in total. The van der Waals surface area contributed by atoms with Crippen molar-refractivity contribution in [2.75, 3.05) is 19.6 Å². The molecule has 1 aliphatic rings. The maximum atomic E-state index is 12.0. The van der Waals surface area contributed by atoms with Crippen LogP contribution >= 0.6 is 11.3 Å². The molecule has 1 saturated heterocycles. The molecule has 1 aromatic carbocycles. The van der Waals surface area contributed by atoms with E-state index in [1.54, 1.807) is 11.3 Å². The van der Waals surface area contributed by atoms with E-state index < -0.39 is 0 Å². The first-order valence-electron chi connectivity index (χ1n) is 8.11. The molecule has 0 saturated carbocycles. The Kier molecular flexibility index (Phi) is 5.05. The molecule has 22 heavy (non-hydrogen) atoms. The highest BCUT2D eigenvalue weighted by molar-refractivity contribution is 7.18. The van der Waals surface area contributed by atoms with Gasteiger partial charge in [0.2, 0.25) is 5.91 Å². The maximum Gasteiger partial charge on any atom is 0.220 e.